The van der Waals surface area contributed by atoms with Gasteiger partial charge in [-0.25, -0.2) is 4.68 Å². The molecule has 8 nitrogen and oxygen atoms in total. The second-order valence-corrected chi connectivity index (χ2v) is 4.28. The summed E-state index contributed by atoms with van der Waals surface area (Å²) in [5.41, 5.74) is 6.02. The summed E-state index contributed by atoms with van der Waals surface area (Å²) in [5.74, 6) is -0.340. The fourth-order valence-corrected chi connectivity index (χ4v) is 1.84. The second kappa shape index (κ2) is 5.53. The van der Waals surface area contributed by atoms with Crippen molar-refractivity contribution in [1.29, 1.82) is 5.41 Å². The van der Waals surface area contributed by atoms with Crippen LogP contribution in [-0.2, 0) is 6.54 Å². The van der Waals surface area contributed by atoms with E-state index in [1.54, 1.807) is 6.92 Å². The molecular formula is C13H13N5O3. The molecule has 0 radical (unpaired) electrons. The van der Waals surface area contributed by atoms with Crippen molar-refractivity contribution >= 4 is 11.5 Å². The third kappa shape index (κ3) is 2.78. The van der Waals surface area contributed by atoms with Gasteiger partial charge in [0.15, 0.2) is 0 Å². The number of nitrogens with two attached hydrogens (primary N) is 1. The SMILES string of the molecule is CCn1nc(-c2ccc([N+](=O)[O-])cc2)cc(C(=N)N)c1=O. The summed E-state index contributed by atoms with van der Waals surface area (Å²) < 4.78 is 1.20. The highest BCUT2D eigenvalue weighted by atomic mass is 16.6. The molecular weight excluding hydrogens is 274 g/mol. The zero-order chi connectivity index (χ0) is 15.6. The number of nitro groups is 1. The molecule has 0 saturated carbocycles. The molecule has 21 heavy (non-hydrogen) atoms. The van der Waals surface area contributed by atoms with E-state index < -0.39 is 10.5 Å². The lowest BCUT2D eigenvalue weighted by atomic mass is 10.1. The van der Waals surface area contributed by atoms with Gasteiger partial charge in [0.05, 0.1) is 16.2 Å². The van der Waals surface area contributed by atoms with Gasteiger partial charge < -0.3 is 5.73 Å². The van der Waals surface area contributed by atoms with E-state index in [-0.39, 0.29) is 17.1 Å². The van der Waals surface area contributed by atoms with Gasteiger partial charge in [-0.2, -0.15) is 5.10 Å². The maximum Gasteiger partial charge on any atom is 0.277 e. The van der Waals surface area contributed by atoms with Crippen LogP contribution in [0.25, 0.3) is 11.3 Å². The van der Waals surface area contributed by atoms with Crippen LogP contribution in [0.1, 0.15) is 12.5 Å². The predicted molar refractivity (Wildman–Crippen MR) is 77.3 cm³/mol. The number of non-ortho nitro benzene ring substituents is 1. The van der Waals surface area contributed by atoms with E-state index in [0.29, 0.717) is 17.8 Å². The molecule has 0 bridgehead atoms. The first-order valence-electron chi connectivity index (χ1n) is 6.15. The highest BCUT2D eigenvalue weighted by Crippen LogP contribution is 2.20. The number of nitrogens with one attached hydrogen (secondary N) is 1. The Bertz CT molecular complexity index is 764. The Labute approximate surface area is 119 Å². The fraction of sp³-hybridized carbons (Fsp3) is 0.154. The Morgan fingerprint density at radius 3 is 2.52 bits per heavy atom. The first-order chi connectivity index (χ1) is 9.93. The zero-order valence-corrected chi connectivity index (χ0v) is 11.2. The van der Waals surface area contributed by atoms with Crippen molar-refractivity contribution in [3.63, 3.8) is 0 Å². The minimum absolute atomic E-state index is 0.0330. The van der Waals surface area contributed by atoms with Gasteiger partial charge in [0.2, 0.25) is 0 Å². The maximum atomic E-state index is 12.0. The largest absolute Gasteiger partial charge is 0.384 e. The van der Waals surface area contributed by atoms with Crippen LogP contribution < -0.4 is 11.3 Å². The second-order valence-electron chi connectivity index (χ2n) is 4.28. The van der Waals surface area contributed by atoms with Gasteiger partial charge in [0.1, 0.15) is 5.84 Å². The van der Waals surface area contributed by atoms with Crippen LogP contribution in [0.3, 0.4) is 0 Å². The molecule has 0 unspecified atom stereocenters. The van der Waals surface area contributed by atoms with Crippen LogP contribution in [0.15, 0.2) is 35.1 Å². The minimum atomic E-state index is -0.495. The van der Waals surface area contributed by atoms with E-state index >= 15 is 0 Å². The first kappa shape index (κ1) is 14.4. The smallest absolute Gasteiger partial charge is 0.277 e. The molecule has 0 aliphatic heterocycles. The van der Waals surface area contributed by atoms with Gasteiger partial charge in [0.25, 0.3) is 11.2 Å². The molecule has 0 fully saturated rings. The number of aryl methyl sites for hydroxylation is 1. The molecule has 0 atom stereocenters. The molecule has 2 aromatic rings. The van der Waals surface area contributed by atoms with Crippen molar-refractivity contribution in [2.24, 2.45) is 5.73 Å². The van der Waals surface area contributed by atoms with Crippen molar-refractivity contribution in [3.05, 3.63) is 56.4 Å². The molecule has 0 aliphatic rings. The lowest BCUT2D eigenvalue weighted by molar-refractivity contribution is -0.384. The highest BCUT2D eigenvalue weighted by molar-refractivity contribution is 5.95. The normalized spacial score (nSPS) is 10.3. The lowest BCUT2D eigenvalue weighted by Crippen LogP contribution is -2.31. The Kier molecular flexibility index (Phi) is 3.79. The summed E-state index contributed by atoms with van der Waals surface area (Å²) >= 11 is 0. The van der Waals surface area contributed by atoms with E-state index in [1.165, 1.54) is 35.0 Å². The lowest BCUT2D eigenvalue weighted by Gasteiger charge is -2.08. The molecule has 3 N–H and O–H groups in total. The monoisotopic (exact) mass is 287 g/mol. The molecule has 108 valence electrons. The van der Waals surface area contributed by atoms with Gasteiger partial charge in [-0.3, -0.25) is 20.3 Å². The van der Waals surface area contributed by atoms with Crippen molar-refractivity contribution in [3.8, 4) is 11.3 Å². The van der Waals surface area contributed by atoms with Gasteiger partial charge in [-0.05, 0) is 25.1 Å². The molecule has 1 aromatic carbocycles. The van der Waals surface area contributed by atoms with Crippen LogP contribution in [0.2, 0.25) is 0 Å². The number of amidine groups is 1. The summed E-state index contributed by atoms with van der Waals surface area (Å²) in [6.07, 6.45) is 0. The number of rotatable bonds is 4. The maximum absolute atomic E-state index is 12.0. The summed E-state index contributed by atoms with van der Waals surface area (Å²) in [4.78, 5) is 22.1. The van der Waals surface area contributed by atoms with E-state index in [2.05, 4.69) is 5.10 Å². The Morgan fingerprint density at radius 1 is 1.43 bits per heavy atom. The summed E-state index contributed by atoms with van der Waals surface area (Å²) in [6, 6.07) is 7.19. The molecule has 0 aliphatic carbocycles. The average Bonchev–Trinajstić information content (AvgIpc) is 2.47. The Morgan fingerprint density at radius 2 is 2.05 bits per heavy atom. The zero-order valence-electron chi connectivity index (χ0n) is 11.2. The first-order valence-corrected chi connectivity index (χ1v) is 6.15. The van der Waals surface area contributed by atoms with Crippen LogP contribution in [0, 0.1) is 15.5 Å². The topological polar surface area (TPSA) is 128 Å². The third-order valence-electron chi connectivity index (χ3n) is 2.94. The number of hydrogen-bond acceptors (Lipinski definition) is 5. The third-order valence-corrected chi connectivity index (χ3v) is 2.94. The molecule has 2 rings (SSSR count). The van der Waals surface area contributed by atoms with E-state index in [1.807, 2.05) is 0 Å². The number of nitro benzene ring substituents is 1. The summed E-state index contributed by atoms with van der Waals surface area (Å²) in [6.45, 7) is 2.08. The molecule has 0 amide bonds. The highest BCUT2D eigenvalue weighted by Gasteiger charge is 2.12. The molecule has 1 heterocycles. The fourth-order valence-electron chi connectivity index (χ4n) is 1.84. The van der Waals surface area contributed by atoms with Crippen LogP contribution in [0.5, 0.6) is 0 Å². The average molecular weight is 287 g/mol. The number of aromatic nitrogens is 2. The quantitative estimate of drug-likeness (QED) is 0.377. The number of hydrogen-bond donors (Lipinski definition) is 2. The predicted octanol–water partition coefficient (Wildman–Crippen LogP) is 1.12. The van der Waals surface area contributed by atoms with Crippen molar-refractivity contribution in [1.82, 2.24) is 9.78 Å². The molecule has 8 heteroatoms. The minimum Gasteiger partial charge on any atom is -0.384 e. The Hall–Kier alpha value is -3.03. The standard InChI is InChI=1S/C13H13N5O3/c1-2-17-13(19)10(12(14)15)7-11(16-17)8-3-5-9(6-4-8)18(20)21/h3-7H,2H2,1H3,(H3,14,15). The van der Waals surface area contributed by atoms with E-state index in [9.17, 15) is 14.9 Å². The van der Waals surface area contributed by atoms with Crippen molar-refractivity contribution in [2.75, 3.05) is 0 Å². The van der Waals surface area contributed by atoms with Gasteiger partial charge >= 0.3 is 0 Å². The van der Waals surface area contributed by atoms with E-state index in [4.69, 9.17) is 11.1 Å². The van der Waals surface area contributed by atoms with Crippen LogP contribution in [-0.4, -0.2) is 20.5 Å². The van der Waals surface area contributed by atoms with Crippen molar-refractivity contribution < 1.29 is 4.92 Å². The Balaban J connectivity index is 2.58. The molecule has 1 aromatic heterocycles. The number of nitrogens with zero attached hydrogens (tertiary/aromatic N) is 3. The molecule has 0 saturated heterocycles. The van der Waals surface area contributed by atoms with Gasteiger partial charge in [-0.1, -0.05) is 0 Å². The van der Waals surface area contributed by atoms with Crippen molar-refractivity contribution in [2.45, 2.75) is 13.5 Å². The molecule has 0 spiro atoms. The summed E-state index contributed by atoms with van der Waals surface area (Å²) in [5, 5.41) is 22.2. The number of nitrogen functional groups attached to an aromatic ring is 1. The summed E-state index contributed by atoms with van der Waals surface area (Å²) in [7, 11) is 0. The van der Waals surface area contributed by atoms with Gasteiger partial charge in [-0.15, -0.1) is 0 Å². The van der Waals surface area contributed by atoms with E-state index in [0.717, 1.165) is 0 Å². The number of benzene rings is 1. The van der Waals surface area contributed by atoms with Gasteiger partial charge in [0, 0.05) is 24.2 Å². The van der Waals surface area contributed by atoms with Crippen LogP contribution in [0.4, 0.5) is 5.69 Å². The van der Waals surface area contributed by atoms with Crippen LogP contribution >= 0.6 is 0 Å².